The van der Waals surface area contributed by atoms with Crippen LogP contribution in [0.25, 0.3) is 0 Å². The smallest absolute Gasteiger partial charge is 0.0946 e. The Kier molecular flexibility index (Phi) is 3.33. The molecule has 1 heterocycles. The SMILES string of the molecule is Cc1cc(Br)ccc1NCc1csnn1. The third kappa shape index (κ3) is 2.76. The summed E-state index contributed by atoms with van der Waals surface area (Å²) in [5.41, 5.74) is 3.32. The molecule has 0 atom stereocenters. The van der Waals surface area contributed by atoms with E-state index in [4.69, 9.17) is 0 Å². The molecule has 0 saturated heterocycles. The van der Waals surface area contributed by atoms with E-state index in [0.29, 0.717) is 0 Å². The van der Waals surface area contributed by atoms with E-state index < -0.39 is 0 Å². The van der Waals surface area contributed by atoms with Gasteiger partial charge in [-0.15, -0.1) is 5.10 Å². The molecule has 1 aromatic heterocycles. The minimum atomic E-state index is 0.721. The third-order valence-electron chi connectivity index (χ3n) is 2.05. The van der Waals surface area contributed by atoms with Crippen LogP contribution in [0.5, 0.6) is 0 Å². The Morgan fingerprint density at radius 3 is 3.00 bits per heavy atom. The van der Waals surface area contributed by atoms with E-state index in [9.17, 15) is 0 Å². The number of hydrogen-bond donors (Lipinski definition) is 1. The largest absolute Gasteiger partial charge is 0.379 e. The Hall–Kier alpha value is -0.940. The van der Waals surface area contributed by atoms with E-state index in [-0.39, 0.29) is 0 Å². The van der Waals surface area contributed by atoms with E-state index in [0.717, 1.165) is 22.4 Å². The van der Waals surface area contributed by atoms with Crippen LogP contribution in [0.15, 0.2) is 28.1 Å². The second-order valence-electron chi connectivity index (χ2n) is 3.21. The van der Waals surface area contributed by atoms with Gasteiger partial charge in [-0.2, -0.15) is 0 Å². The molecule has 1 N–H and O–H groups in total. The van der Waals surface area contributed by atoms with Crippen LogP contribution in [0.2, 0.25) is 0 Å². The highest BCUT2D eigenvalue weighted by Crippen LogP contribution is 2.20. The van der Waals surface area contributed by atoms with Gasteiger partial charge in [-0.05, 0) is 42.2 Å². The maximum Gasteiger partial charge on any atom is 0.0946 e. The Bertz CT molecular complexity index is 442. The Morgan fingerprint density at radius 1 is 1.47 bits per heavy atom. The van der Waals surface area contributed by atoms with E-state index >= 15 is 0 Å². The number of nitrogens with zero attached hydrogens (tertiary/aromatic N) is 2. The quantitative estimate of drug-likeness (QED) is 0.940. The van der Waals surface area contributed by atoms with Gasteiger partial charge in [0.2, 0.25) is 0 Å². The van der Waals surface area contributed by atoms with Gasteiger partial charge in [0.05, 0.1) is 12.2 Å². The lowest BCUT2D eigenvalue weighted by atomic mass is 10.2. The van der Waals surface area contributed by atoms with Crippen molar-refractivity contribution in [2.45, 2.75) is 13.5 Å². The second-order valence-corrected chi connectivity index (χ2v) is 4.73. The fourth-order valence-corrected chi connectivity index (χ4v) is 2.20. The van der Waals surface area contributed by atoms with Gasteiger partial charge in [0.25, 0.3) is 0 Å². The number of anilines is 1. The summed E-state index contributed by atoms with van der Waals surface area (Å²) in [4.78, 5) is 0. The monoisotopic (exact) mass is 283 g/mol. The molecule has 0 aliphatic carbocycles. The summed E-state index contributed by atoms with van der Waals surface area (Å²) in [6, 6.07) is 6.16. The van der Waals surface area contributed by atoms with Crippen molar-refractivity contribution < 1.29 is 0 Å². The number of halogens is 1. The molecule has 5 heteroatoms. The number of aromatic nitrogens is 2. The van der Waals surface area contributed by atoms with Gasteiger partial charge < -0.3 is 5.32 Å². The van der Waals surface area contributed by atoms with Gasteiger partial charge in [-0.25, -0.2) is 0 Å². The summed E-state index contributed by atoms with van der Waals surface area (Å²) in [5.74, 6) is 0. The van der Waals surface area contributed by atoms with Gasteiger partial charge in [0.1, 0.15) is 0 Å². The van der Waals surface area contributed by atoms with E-state index in [2.05, 4.69) is 49.9 Å². The molecular weight excluding hydrogens is 274 g/mol. The van der Waals surface area contributed by atoms with Gasteiger partial charge in [-0.3, -0.25) is 0 Å². The van der Waals surface area contributed by atoms with Crippen molar-refractivity contribution in [3.63, 3.8) is 0 Å². The third-order valence-corrected chi connectivity index (χ3v) is 3.10. The highest BCUT2D eigenvalue weighted by atomic mass is 79.9. The molecule has 0 amide bonds. The number of nitrogens with one attached hydrogen (secondary N) is 1. The number of hydrogen-bond acceptors (Lipinski definition) is 4. The predicted molar refractivity (Wildman–Crippen MR) is 66.1 cm³/mol. The zero-order valence-corrected chi connectivity index (χ0v) is 10.6. The molecule has 0 unspecified atom stereocenters. The van der Waals surface area contributed by atoms with Crippen LogP contribution in [0.4, 0.5) is 5.69 Å². The van der Waals surface area contributed by atoms with E-state index in [1.165, 1.54) is 17.1 Å². The van der Waals surface area contributed by atoms with Crippen molar-refractivity contribution in [2.75, 3.05) is 5.32 Å². The average molecular weight is 284 g/mol. The van der Waals surface area contributed by atoms with Crippen molar-refractivity contribution >= 4 is 33.1 Å². The molecule has 78 valence electrons. The lowest BCUT2D eigenvalue weighted by molar-refractivity contribution is 0.997. The van der Waals surface area contributed by atoms with Crippen LogP contribution in [-0.2, 0) is 6.54 Å². The first-order chi connectivity index (χ1) is 7.25. The summed E-state index contributed by atoms with van der Waals surface area (Å²) in [6.45, 7) is 2.80. The Labute approximate surface area is 101 Å². The molecule has 3 nitrogen and oxygen atoms in total. The molecule has 0 spiro atoms. The minimum Gasteiger partial charge on any atom is -0.379 e. The van der Waals surface area contributed by atoms with Crippen molar-refractivity contribution in [3.8, 4) is 0 Å². The van der Waals surface area contributed by atoms with Crippen LogP contribution >= 0.6 is 27.5 Å². The maximum absolute atomic E-state index is 3.98. The lowest BCUT2D eigenvalue weighted by Crippen LogP contribution is -2.01. The fourth-order valence-electron chi connectivity index (χ4n) is 1.27. The molecule has 15 heavy (non-hydrogen) atoms. The Morgan fingerprint density at radius 2 is 2.33 bits per heavy atom. The molecule has 0 bridgehead atoms. The van der Waals surface area contributed by atoms with E-state index in [1.807, 2.05) is 11.4 Å². The van der Waals surface area contributed by atoms with Crippen molar-refractivity contribution in [2.24, 2.45) is 0 Å². The second kappa shape index (κ2) is 4.72. The van der Waals surface area contributed by atoms with Crippen molar-refractivity contribution in [1.82, 2.24) is 9.59 Å². The first kappa shape index (κ1) is 10.6. The molecule has 0 fully saturated rings. The van der Waals surface area contributed by atoms with Crippen molar-refractivity contribution in [3.05, 3.63) is 39.3 Å². The number of aryl methyl sites for hydroxylation is 1. The molecule has 1 aromatic carbocycles. The summed E-state index contributed by atoms with van der Waals surface area (Å²) in [7, 11) is 0. The highest BCUT2D eigenvalue weighted by molar-refractivity contribution is 9.10. The van der Waals surface area contributed by atoms with Crippen molar-refractivity contribution in [1.29, 1.82) is 0 Å². The molecule has 0 radical (unpaired) electrons. The summed E-state index contributed by atoms with van der Waals surface area (Å²) in [6.07, 6.45) is 0. The lowest BCUT2D eigenvalue weighted by Gasteiger charge is -2.07. The van der Waals surface area contributed by atoms with Crippen LogP contribution in [0, 0.1) is 6.92 Å². The molecule has 2 aromatic rings. The predicted octanol–water partition coefficient (Wildman–Crippen LogP) is 3.22. The van der Waals surface area contributed by atoms with E-state index in [1.54, 1.807) is 0 Å². The summed E-state index contributed by atoms with van der Waals surface area (Å²) >= 11 is 4.81. The molecule has 0 aliphatic heterocycles. The molecule has 0 aliphatic rings. The first-order valence-corrected chi connectivity index (χ1v) is 6.14. The van der Waals surface area contributed by atoms with Crippen LogP contribution in [-0.4, -0.2) is 9.59 Å². The summed E-state index contributed by atoms with van der Waals surface area (Å²) < 4.78 is 4.91. The zero-order valence-electron chi connectivity index (χ0n) is 8.20. The normalized spacial score (nSPS) is 10.3. The van der Waals surface area contributed by atoms with Gasteiger partial charge in [0.15, 0.2) is 0 Å². The zero-order chi connectivity index (χ0) is 10.7. The topological polar surface area (TPSA) is 37.8 Å². The molecular formula is C10H10BrN3S. The van der Waals surface area contributed by atoms with Crippen LogP contribution in [0.3, 0.4) is 0 Å². The van der Waals surface area contributed by atoms with Gasteiger partial charge >= 0.3 is 0 Å². The van der Waals surface area contributed by atoms with Gasteiger partial charge in [-0.1, -0.05) is 20.4 Å². The Balaban J connectivity index is 2.05. The maximum atomic E-state index is 3.98. The number of rotatable bonds is 3. The molecule has 2 rings (SSSR count). The highest BCUT2D eigenvalue weighted by Gasteiger charge is 2.00. The van der Waals surface area contributed by atoms with Gasteiger partial charge in [0, 0.05) is 15.5 Å². The average Bonchev–Trinajstić information content (AvgIpc) is 2.69. The standard InChI is InChI=1S/C10H10BrN3S/c1-7-4-8(11)2-3-10(7)12-5-9-6-15-14-13-9/h2-4,6,12H,5H2,1H3. The fraction of sp³-hybridized carbons (Fsp3) is 0.200. The van der Waals surface area contributed by atoms with Crippen LogP contribution < -0.4 is 5.32 Å². The molecule has 0 saturated carbocycles. The minimum absolute atomic E-state index is 0.721. The summed E-state index contributed by atoms with van der Waals surface area (Å²) in [5, 5.41) is 9.25. The first-order valence-electron chi connectivity index (χ1n) is 4.51. The van der Waals surface area contributed by atoms with Crippen LogP contribution in [0.1, 0.15) is 11.3 Å². The number of benzene rings is 1.